The van der Waals surface area contributed by atoms with Gasteiger partial charge in [-0.15, -0.1) is 0 Å². The summed E-state index contributed by atoms with van der Waals surface area (Å²) in [5.41, 5.74) is 6.51. The summed E-state index contributed by atoms with van der Waals surface area (Å²) in [6, 6.07) is 0. The Labute approximate surface area is 140 Å². The van der Waals surface area contributed by atoms with Gasteiger partial charge in [-0.3, -0.25) is 0 Å². The first kappa shape index (κ1) is 15.5. The van der Waals surface area contributed by atoms with Gasteiger partial charge < -0.3 is 9.84 Å². The van der Waals surface area contributed by atoms with Crippen molar-refractivity contribution in [3.05, 3.63) is 34.1 Å². The maximum atomic E-state index is 10.6. The summed E-state index contributed by atoms with van der Waals surface area (Å²) in [4.78, 5) is 0. The van der Waals surface area contributed by atoms with Gasteiger partial charge in [0.05, 0.1) is 19.0 Å². The number of hydrogen-bond donors (Lipinski definition) is 1. The van der Waals surface area contributed by atoms with Crippen LogP contribution >= 0.6 is 0 Å². The standard InChI is InChI=1S/C21H30O2/c1-12-9-14-11-15(23-4)5-6-16(14)17-7-8-21(3)18(22)10-13(2)20(21)19(12)17/h5,12,17-19,22H,6-11H2,1-4H3/t12-,17-,18+,19-,21-/m1/s1. The molecule has 1 saturated carbocycles. The van der Waals surface area contributed by atoms with E-state index in [1.807, 2.05) is 0 Å². The first-order valence-corrected chi connectivity index (χ1v) is 9.27. The van der Waals surface area contributed by atoms with Gasteiger partial charge in [0.25, 0.3) is 0 Å². The topological polar surface area (TPSA) is 29.5 Å². The minimum atomic E-state index is -0.160. The molecule has 0 saturated heterocycles. The zero-order valence-corrected chi connectivity index (χ0v) is 15.0. The SMILES string of the molecule is COC1=CCC2=C(C1)C[C@@H](C)[C@H]1C3=C(C)C[C@H](O)[C@@]3(C)CC[C@H]21. The van der Waals surface area contributed by atoms with Crippen LogP contribution in [0.5, 0.6) is 0 Å². The summed E-state index contributed by atoms with van der Waals surface area (Å²) in [6.07, 6.45) is 8.73. The zero-order chi connectivity index (χ0) is 16.4. The molecule has 0 aromatic rings. The summed E-state index contributed by atoms with van der Waals surface area (Å²) in [6.45, 7) is 7.02. The Kier molecular flexibility index (Phi) is 3.53. The number of ether oxygens (including phenoxy) is 1. The van der Waals surface area contributed by atoms with Gasteiger partial charge in [-0.1, -0.05) is 36.1 Å². The largest absolute Gasteiger partial charge is 0.501 e. The van der Waals surface area contributed by atoms with E-state index in [1.165, 1.54) is 18.4 Å². The Balaban J connectivity index is 1.73. The zero-order valence-electron chi connectivity index (χ0n) is 15.0. The van der Waals surface area contributed by atoms with Crippen LogP contribution in [-0.2, 0) is 4.74 Å². The van der Waals surface area contributed by atoms with Crippen molar-refractivity contribution in [2.45, 2.75) is 65.4 Å². The van der Waals surface area contributed by atoms with Gasteiger partial charge in [0.2, 0.25) is 0 Å². The molecule has 2 nitrogen and oxygen atoms in total. The van der Waals surface area contributed by atoms with Crippen molar-refractivity contribution in [3.8, 4) is 0 Å². The van der Waals surface area contributed by atoms with E-state index in [0.717, 1.165) is 31.4 Å². The Hall–Kier alpha value is -1.02. The van der Waals surface area contributed by atoms with Crippen molar-refractivity contribution in [3.63, 3.8) is 0 Å². The molecule has 0 unspecified atom stereocenters. The molecular weight excluding hydrogens is 284 g/mol. The highest BCUT2D eigenvalue weighted by Crippen LogP contribution is 2.61. The van der Waals surface area contributed by atoms with Gasteiger partial charge >= 0.3 is 0 Å². The summed E-state index contributed by atoms with van der Waals surface area (Å²) in [5.74, 6) is 3.19. The first-order valence-electron chi connectivity index (χ1n) is 9.27. The van der Waals surface area contributed by atoms with Crippen molar-refractivity contribution in [1.82, 2.24) is 0 Å². The van der Waals surface area contributed by atoms with E-state index in [1.54, 1.807) is 23.8 Å². The lowest BCUT2D eigenvalue weighted by molar-refractivity contribution is 0.0343. The monoisotopic (exact) mass is 314 g/mol. The average Bonchev–Trinajstić information content (AvgIpc) is 2.76. The molecule has 4 aliphatic carbocycles. The summed E-state index contributed by atoms with van der Waals surface area (Å²) in [5, 5.41) is 10.6. The highest BCUT2D eigenvalue weighted by Gasteiger charge is 2.53. The third kappa shape index (κ3) is 2.10. The van der Waals surface area contributed by atoms with Gasteiger partial charge in [0.1, 0.15) is 0 Å². The Morgan fingerprint density at radius 3 is 2.83 bits per heavy atom. The Bertz CT molecular complexity index is 624. The van der Waals surface area contributed by atoms with Gasteiger partial charge in [-0.05, 0) is 62.9 Å². The molecule has 5 atom stereocenters. The van der Waals surface area contributed by atoms with Crippen LogP contribution in [0.3, 0.4) is 0 Å². The molecule has 1 N–H and O–H groups in total. The highest BCUT2D eigenvalue weighted by atomic mass is 16.5. The average molecular weight is 314 g/mol. The lowest BCUT2D eigenvalue weighted by atomic mass is 9.54. The van der Waals surface area contributed by atoms with Crippen LogP contribution < -0.4 is 0 Å². The van der Waals surface area contributed by atoms with E-state index in [-0.39, 0.29) is 11.5 Å². The van der Waals surface area contributed by atoms with Crippen LogP contribution in [0.25, 0.3) is 0 Å². The van der Waals surface area contributed by atoms with Crippen LogP contribution in [-0.4, -0.2) is 18.3 Å². The van der Waals surface area contributed by atoms with Gasteiger partial charge in [0.15, 0.2) is 0 Å². The molecule has 0 bridgehead atoms. The number of allylic oxidation sites excluding steroid dienone is 3. The third-order valence-electron chi connectivity index (χ3n) is 7.33. The van der Waals surface area contributed by atoms with Gasteiger partial charge in [0, 0.05) is 11.8 Å². The normalized spacial score (nSPS) is 42.9. The number of hydrogen-bond acceptors (Lipinski definition) is 2. The summed E-state index contributed by atoms with van der Waals surface area (Å²) in [7, 11) is 1.80. The van der Waals surface area contributed by atoms with Crippen LogP contribution in [0.4, 0.5) is 0 Å². The van der Waals surface area contributed by atoms with E-state index < -0.39 is 0 Å². The lowest BCUT2D eigenvalue weighted by Crippen LogP contribution is -2.44. The van der Waals surface area contributed by atoms with E-state index in [4.69, 9.17) is 4.74 Å². The van der Waals surface area contributed by atoms with E-state index >= 15 is 0 Å². The number of methoxy groups -OCH3 is 1. The Morgan fingerprint density at radius 2 is 2.09 bits per heavy atom. The molecule has 126 valence electrons. The molecule has 0 amide bonds. The molecule has 0 radical (unpaired) electrons. The fourth-order valence-corrected chi connectivity index (χ4v) is 6.22. The predicted octanol–water partition coefficient (Wildman–Crippen LogP) is 4.76. The predicted molar refractivity (Wildman–Crippen MR) is 92.8 cm³/mol. The molecule has 0 heterocycles. The minimum Gasteiger partial charge on any atom is -0.501 e. The van der Waals surface area contributed by atoms with Crippen molar-refractivity contribution in [2.75, 3.05) is 7.11 Å². The van der Waals surface area contributed by atoms with Crippen molar-refractivity contribution in [2.24, 2.45) is 23.2 Å². The molecule has 0 aromatic heterocycles. The molecule has 4 rings (SSSR count). The Morgan fingerprint density at radius 1 is 1.30 bits per heavy atom. The number of aliphatic hydroxyl groups excluding tert-OH is 1. The second-order valence-electron chi connectivity index (χ2n) is 8.57. The second kappa shape index (κ2) is 5.24. The number of fused-ring (bicyclic) bond motifs is 4. The highest BCUT2D eigenvalue weighted by molar-refractivity contribution is 5.41. The van der Waals surface area contributed by atoms with E-state index in [2.05, 4.69) is 26.8 Å². The number of rotatable bonds is 1. The van der Waals surface area contributed by atoms with Gasteiger partial charge in [-0.25, -0.2) is 0 Å². The van der Waals surface area contributed by atoms with Crippen LogP contribution in [0.2, 0.25) is 0 Å². The first-order chi connectivity index (χ1) is 11.0. The molecule has 0 aliphatic heterocycles. The molecule has 1 fully saturated rings. The molecular formula is C21H30O2. The minimum absolute atomic E-state index is 0.0414. The van der Waals surface area contributed by atoms with E-state index in [0.29, 0.717) is 17.8 Å². The molecule has 23 heavy (non-hydrogen) atoms. The molecule has 0 spiro atoms. The van der Waals surface area contributed by atoms with Crippen molar-refractivity contribution >= 4 is 0 Å². The fraction of sp³-hybridized carbons (Fsp3) is 0.714. The summed E-state index contributed by atoms with van der Waals surface area (Å²) >= 11 is 0. The lowest BCUT2D eigenvalue weighted by Gasteiger charge is -2.51. The fourth-order valence-electron chi connectivity index (χ4n) is 6.22. The maximum absolute atomic E-state index is 10.6. The smallest absolute Gasteiger partial charge is 0.0959 e. The van der Waals surface area contributed by atoms with Crippen LogP contribution in [0, 0.1) is 23.2 Å². The van der Waals surface area contributed by atoms with E-state index in [9.17, 15) is 5.11 Å². The quantitative estimate of drug-likeness (QED) is 0.707. The van der Waals surface area contributed by atoms with Gasteiger partial charge in [-0.2, -0.15) is 0 Å². The summed E-state index contributed by atoms with van der Waals surface area (Å²) < 4.78 is 5.51. The second-order valence-corrected chi connectivity index (χ2v) is 8.57. The van der Waals surface area contributed by atoms with Crippen LogP contribution in [0.15, 0.2) is 34.1 Å². The molecule has 2 heteroatoms. The third-order valence-corrected chi connectivity index (χ3v) is 7.33. The molecule has 0 aromatic carbocycles. The van der Waals surface area contributed by atoms with Crippen molar-refractivity contribution < 1.29 is 9.84 Å². The number of aliphatic hydroxyl groups is 1. The maximum Gasteiger partial charge on any atom is 0.0959 e. The van der Waals surface area contributed by atoms with Crippen LogP contribution in [0.1, 0.15) is 59.3 Å². The van der Waals surface area contributed by atoms with Crippen molar-refractivity contribution in [1.29, 1.82) is 0 Å². The molecule has 4 aliphatic rings.